The van der Waals surface area contributed by atoms with Gasteiger partial charge in [0.1, 0.15) is 0 Å². The average molecular weight is 264 g/mol. The van der Waals surface area contributed by atoms with Crippen LogP contribution in [0.5, 0.6) is 0 Å². The number of likely N-dealkylation sites (N-methyl/N-ethyl adjacent to an activating group) is 1. The van der Waals surface area contributed by atoms with E-state index in [0.717, 1.165) is 5.56 Å². The molecule has 3 nitrogen and oxygen atoms in total. The van der Waals surface area contributed by atoms with Crippen molar-refractivity contribution in [3.63, 3.8) is 0 Å². The third kappa shape index (κ3) is 4.45. The van der Waals surface area contributed by atoms with E-state index in [-0.39, 0.29) is 11.8 Å². The maximum absolute atomic E-state index is 12.0. The van der Waals surface area contributed by atoms with Gasteiger partial charge in [0.25, 0.3) is 0 Å². The molecule has 0 fully saturated rings. The first kappa shape index (κ1) is 14.6. The summed E-state index contributed by atoms with van der Waals surface area (Å²) in [5, 5.41) is 0. The quantitative estimate of drug-likeness (QED) is 0.827. The van der Waals surface area contributed by atoms with Gasteiger partial charge < -0.3 is 10.6 Å². The lowest BCUT2D eigenvalue weighted by atomic mass is 10.1. The first-order valence-electron chi connectivity index (χ1n) is 5.99. The molecule has 0 saturated carbocycles. The van der Waals surface area contributed by atoms with Gasteiger partial charge in [0, 0.05) is 19.5 Å². The van der Waals surface area contributed by atoms with E-state index in [1.807, 2.05) is 38.1 Å². The zero-order valence-corrected chi connectivity index (χ0v) is 12.0. The zero-order chi connectivity index (χ0) is 13.7. The third-order valence-corrected chi connectivity index (χ3v) is 3.30. The number of amides is 1. The molecule has 0 saturated heterocycles. The van der Waals surface area contributed by atoms with Crippen LogP contribution in [0.1, 0.15) is 18.1 Å². The molecule has 1 rings (SSSR count). The molecular formula is C14H20N2OS. The minimum absolute atomic E-state index is 0.0476. The van der Waals surface area contributed by atoms with Gasteiger partial charge in [0.15, 0.2) is 0 Å². The van der Waals surface area contributed by atoms with Gasteiger partial charge in [-0.25, -0.2) is 0 Å². The van der Waals surface area contributed by atoms with E-state index < -0.39 is 0 Å². The van der Waals surface area contributed by atoms with E-state index in [4.69, 9.17) is 18.0 Å². The van der Waals surface area contributed by atoms with Gasteiger partial charge in [0.05, 0.1) is 11.4 Å². The molecule has 0 spiro atoms. The summed E-state index contributed by atoms with van der Waals surface area (Å²) < 4.78 is 0. The van der Waals surface area contributed by atoms with Crippen LogP contribution in [-0.2, 0) is 11.2 Å². The van der Waals surface area contributed by atoms with Crippen LogP contribution >= 0.6 is 12.2 Å². The molecule has 1 unspecified atom stereocenters. The maximum atomic E-state index is 12.0. The predicted octanol–water partition coefficient (Wildman–Crippen LogP) is 1.92. The molecule has 1 atom stereocenters. The Kier molecular flexibility index (Phi) is 5.28. The Bertz CT molecular complexity index is 445. The van der Waals surface area contributed by atoms with Crippen molar-refractivity contribution in [2.45, 2.75) is 20.3 Å². The highest BCUT2D eigenvalue weighted by Crippen LogP contribution is 2.07. The molecular weight excluding hydrogens is 244 g/mol. The summed E-state index contributed by atoms with van der Waals surface area (Å²) in [6.07, 6.45) is 0.419. The Morgan fingerprint density at radius 2 is 2.17 bits per heavy atom. The van der Waals surface area contributed by atoms with Gasteiger partial charge in [-0.05, 0) is 12.5 Å². The first-order chi connectivity index (χ1) is 8.40. The van der Waals surface area contributed by atoms with E-state index in [0.29, 0.717) is 18.0 Å². The number of benzene rings is 1. The van der Waals surface area contributed by atoms with Crippen molar-refractivity contribution in [2.24, 2.45) is 11.7 Å². The number of nitrogens with zero attached hydrogens (tertiary/aromatic N) is 1. The molecule has 0 aliphatic carbocycles. The summed E-state index contributed by atoms with van der Waals surface area (Å²) in [6.45, 7) is 4.52. The third-order valence-electron chi connectivity index (χ3n) is 2.90. The van der Waals surface area contributed by atoms with Crippen LogP contribution in [0.25, 0.3) is 0 Å². The molecule has 0 aliphatic rings. The van der Waals surface area contributed by atoms with Crippen molar-refractivity contribution >= 4 is 23.1 Å². The smallest absolute Gasteiger partial charge is 0.226 e. The normalized spacial score (nSPS) is 11.9. The summed E-state index contributed by atoms with van der Waals surface area (Å²) >= 11 is 4.91. The average Bonchev–Trinajstić information content (AvgIpc) is 2.28. The van der Waals surface area contributed by atoms with Crippen molar-refractivity contribution in [1.29, 1.82) is 0 Å². The van der Waals surface area contributed by atoms with Gasteiger partial charge in [-0.1, -0.05) is 49.0 Å². The Morgan fingerprint density at radius 1 is 1.50 bits per heavy atom. The molecule has 1 aromatic rings. The number of carbonyl (C=O) groups is 1. The molecule has 0 aliphatic heterocycles. The van der Waals surface area contributed by atoms with Crippen LogP contribution < -0.4 is 5.73 Å². The van der Waals surface area contributed by atoms with E-state index in [2.05, 4.69) is 0 Å². The van der Waals surface area contributed by atoms with E-state index in [1.165, 1.54) is 5.56 Å². The molecule has 18 heavy (non-hydrogen) atoms. The Balaban J connectivity index is 2.57. The first-order valence-corrected chi connectivity index (χ1v) is 6.39. The lowest BCUT2D eigenvalue weighted by Crippen LogP contribution is -2.36. The minimum atomic E-state index is 0.0476. The summed E-state index contributed by atoms with van der Waals surface area (Å²) in [5.41, 5.74) is 7.75. The van der Waals surface area contributed by atoms with Gasteiger partial charge >= 0.3 is 0 Å². The lowest BCUT2D eigenvalue weighted by molar-refractivity contribution is -0.129. The second-order valence-electron chi connectivity index (χ2n) is 4.74. The molecule has 0 heterocycles. The number of hydrogen-bond donors (Lipinski definition) is 1. The van der Waals surface area contributed by atoms with E-state index >= 15 is 0 Å². The summed E-state index contributed by atoms with van der Waals surface area (Å²) in [7, 11) is 1.78. The number of thiocarbonyl (C=S) groups is 1. The second-order valence-corrected chi connectivity index (χ2v) is 5.21. The topological polar surface area (TPSA) is 46.3 Å². The van der Waals surface area contributed by atoms with Crippen molar-refractivity contribution in [3.8, 4) is 0 Å². The summed E-state index contributed by atoms with van der Waals surface area (Å²) in [6, 6.07) is 7.99. The Hall–Kier alpha value is -1.42. The largest absolute Gasteiger partial charge is 0.393 e. The van der Waals surface area contributed by atoms with Crippen LogP contribution in [0.3, 0.4) is 0 Å². The fourth-order valence-corrected chi connectivity index (χ4v) is 1.81. The number of rotatable bonds is 5. The highest BCUT2D eigenvalue weighted by Gasteiger charge is 2.14. The lowest BCUT2D eigenvalue weighted by Gasteiger charge is -2.21. The molecule has 0 bridgehead atoms. The SMILES string of the molecule is Cc1cccc(CC(=O)N(C)CC(C)C(N)=S)c1. The standard InChI is InChI=1S/C14H20N2OS/c1-10-5-4-6-12(7-10)8-13(17)16(3)9-11(2)14(15)18/h4-7,11H,8-9H2,1-3H3,(H2,15,18). The van der Waals surface area contributed by atoms with Crippen LogP contribution in [0.4, 0.5) is 0 Å². The molecule has 4 heteroatoms. The van der Waals surface area contributed by atoms with Gasteiger partial charge in [-0.2, -0.15) is 0 Å². The number of aryl methyl sites for hydroxylation is 1. The summed E-state index contributed by atoms with van der Waals surface area (Å²) in [4.78, 5) is 14.2. The zero-order valence-electron chi connectivity index (χ0n) is 11.1. The van der Waals surface area contributed by atoms with Crippen LogP contribution in [0.2, 0.25) is 0 Å². The van der Waals surface area contributed by atoms with Gasteiger partial charge in [0.2, 0.25) is 5.91 Å². The Morgan fingerprint density at radius 3 is 2.72 bits per heavy atom. The molecule has 1 amide bonds. The molecule has 2 N–H and O–H groups in total. The Labute approximate surface area is 114 Å². The van der Waals surface area contributed by atoms with Crippen LogP contribution in [0, 0.1) is 12.8 Å². The fraction of sp³-hybridized carbons (Fsp3) is 0.429. The van der Waals surface area contributed by atoms with Gasteiger partial charge in [-0.3, -0.25) is 4.79 Å². The fourth-order valence-electron chi connectivity index (χ4n) is 1.73. The number of carbonyl (C=O) groups excluding carboxylic acids is 1. The van der Waals surface area contributed by atoms with Crippen molar-refractivity contribution in [3.05, 3.63) is 35.4 Å². The highest BCUT2D eigenvalue weighted by atomic mass is 32.1. The molecule has 1 aromatic carbocycles. The van der Waals surface area contributed by atoms with E-state index in [1.54, 1.807) is 11.9 Å². The van der Waals surface area contributed by atoms with Crippen LogP contribution in [0.15, 0.2) is 24.3 Å². The summed E-state index contributed by atoms with van der Waals surface area (Å²) in [5.74, 6) is 0.134. The number of hydrogen-bond acceptors (Lipinski definition) is 2. The maximum Gasteiger partial charge on any atom is 0.226 e. The second kappa shape index (κ2) is 6.50. The van der Waals surface area contributed by atoms with Crippen molar-refractivity contribution in [2.75, 3.05) is 13.6 Å². The van der Waals surface area contributed by atoms with Crippen molar-refractivity contribution in [1.82, 2.24) is 4.90 Å². The molecule has 0 radical (unpaired) electrons. The monoisotopic (exact) mass is 264 g/mol. The highest BCUT2D eigenvalue weighted by molar-refractivity contribution is 7.80. The molecule has 98 valence electrons. The van der Waals surface area contributed by atoms with Gasteiger partial charge in [-0.15, -0.1) is 0 Å². The van der Waals surface area contributed by atoms with E-state index in [9.17, 15) is 4.79 Å². The predicted molar refractivity (Wildman–Crippen MR) is 78.5 cm³/mol. The minimum Gasteiger partial charge on any atom is -0.393 e. The van der Waals surface area contributed by atoms with Crippen molar-refractivity contribution < 1.29 is 4.79 Å². The number of nitrogens with two attached hydrogens (primary N) is 1. The van der Waals surface area contributed by atoms with Crippen LogP contribution in [-0.4, -0.2) is 29.4 Å². The molecule has 0 aromatic heterocycles.